The first kappa shape index (κ1) is 20.4. The number of nitrogens with zero attached hydrogens (tertiary/aromatic N) is 3. The van der Waals surface area contributed by atoms with Gasteiger partial charge in [0.05, 0.1) is 11.9 Å². The number of carbonyl (C=O) groups is 2. The predicted octanol–water partition coefficient (Wildman–Crippen LogP) is 4.73. The highest BCUT2D eigenvalue weighted by molar-refractivity contribution is 6.17. The first-order valence-corrected chi connectivity index (χ1v) is 9.42. The molecule has 2 amide bonds. The van der Waals surface area contributed by atoms with Crippen LogP contribution in [0.3, 0.4) is 0 Å². The van der Waals surface area contributed by atoms with Crippen LogP contribution in [-0.2, 0) is 5.88 Å². The quantitative estimate of drug-likeness (QED) is 0.571. The summed E-state index contributed by atoms with van der Waals surface area (Å²) >= 11 is 5.78. The molecule has 0 N–H and O–H groups in total. The fourth-order valence-electron chi connectivity index (χ4n) is 2.59. The van der Waals surface area contributed by atoms with Crippen molar-refractivity contribution in [1.82, 2.24) is 4.98 Å². The van der Waals surface area contributed by atoms with Crippen molar-refractivity contribution < 1.29 is 14.3 Å². The van der Waals surface area contributed by atoms with Crippen LogP contribution in [0.5, 0.6) is 5.88 Å². The summed E-state index contributed by atoms with van der Waals surface area (Å²) in [6.45, 7) is 0. The lowest BCUT2D eigenvalue weighted by molar-refractivity contribution is 0.0993. The summed E-state index contributed by atoms with van der Waals surface area (Å²) in [5.41, 5.74) is 2.77. The molecule has 0 unspecified atom stereocenters. The molecule has 3 rings (SSSR count). The van der Waals surface area contributed by atoms with Gasteiger partial charge in [-0.15, -0.1) is 11.6 Å². The van der Waals surface area contributed by atoms with Crippen LogP contribution in [0.25, 0.3) is 0 Å². The molecule has 0 spiro atoms. The molecule has 0 radical (unpaired) electrons. The van der Waals surface area contributed by atoms with Crippen LogP contribution in [0.1, 0.15) is 15.9 Å². The maximum absolute atomic E-state index is 12.6. The van der Waals surface area contributed by atoms with E-state index in [1.807, 2.05) is 30.3 Å². The number of carbonyl (C=O) groups excluding carboxylic acids is 2. The molecule has 0 aliphatic heterocycles. The molecule has 0 atom stereocenters. The van der Waals surface area contributed by atoms with E-state index in [-0.39, 0.29) is 11.8 Å². The predicted molar refractivity (Wildman–Crippen MR) is 114 cm³/mol. The van der Waals surface area contributed by atoms with Gasteiger partial charge in [0, 0.05) is 37.3 Å². The molecule has 0 fully saturated rings. The Labute approximate surface area is 174 Å². The summed E-state index contributed by atoms with van der Waals surface area (Å²) in [7, 11) is 3.28. The van der Waals surface area contributed by atoms with Gasteiger partial charge < -0.3 is 9.64 Å². The largest absolute Gasteiger partial charge is 0.420 e. The second-order valence-corrected chi connectivity index (χ2v) is 6.58. The first-order chi connectivity index (χ1) is 14.0. The maximum Gasteiger partial charge on any atom is 0.420 e. The van der Waals surface area contributed by atoms with Crippen molar-refractivity contribution in [3.8, 4) is 5.88 Å². The summed E-state index contributed by atoms with van der Waals surface area (Å²) < 4.78 is 5.30. The molecule has 1 aromatic heterocycles. The van der Waals surface area contributed by atoms with Crippen molar-refractivity contribution in [3.63, 3.8) is 0 Å². The lowest BCUT2D eigenvalue weighted by atomic mass is 10.1. The van der Waals surface area contributed by atoms with E-state index in [4.69, 9.17) is 16.3 Å². The lowest BCUT2D eigenvalue weighted by Crippen LogP contribution is -2.29. The Morgan fingerprint density at radius 3 is 2.17 bits per heavy atom. The second kappa shape index (κ2) is 9.21. The summed E-state index contributed by atoms with van der Waals surface area (Å²) in [4.78, 5) is 31.9. The third-order valence-corrected chi connectivity index (χ3v) is 4.69. The Morgan fingerprint density at radius 1 is 0.897 bits per heavy atom. The number of para-hydroxylation sites is 1. The zero-order valence-electron chi connectivity index (χ0n) is 16.1. The number of aromatic nitrogens is 1. The number of ether oxygens (including phenoxy) is 1. The van der Waals surface area contributed by atoms with E-state index >= 15 is 0 Å². The third-order valence-electron chi connectivity index (χ3n) is 4.38. The Bertz CT molecular complexity index is 976. The Morgan fingerprint density at radius 2 is 1.59 bits per heavy atom. The summed E-state index contributed by atoms with van der Waals surface area (Å²) in [5, 5.41) is 0. The zero-order valence-corrected chi connectivity index (χ0v) is 16.8. The Hall–Kier alpha value is -3.38. The van der Waals surface area contributed by atoms with Gasteiger partial charge in [-0.3, -0.25) is 9.69 Å². The number of hydrogen-bond acceptors (Lipinski definition) is 4. The lowest BCUT2D eigenvalue weighted by Gasteiger charge is -2.18. The molecule has 0 aliphatic carbocycles. The number of amides is 2. The minimum atomic E-state index is -0.555. The second-order valence-electron chi connectivity index (χ2n) is 6.31. The Balaban J connectivity index is 1.65. The number of hydrogen-bond donors (Lipinski definition) is 0. The number of pyridine rings is 1. The van der Waals surface area contributed by atoms with Crippen LogP contribution in [0, 0.1) is 0 Å². The van der Waals surface area contributed by atoms with Crippen LogP contribution in [0.4, 0.5) is 16.2 Å². The summed E-state index contributed by atoms with van der Waals surface area (Å²) in [6, 6.07) is 19.5. The van der Waals surface area contributed by atoms with Crippen molar-refractivity contribution in [2.24, 2.45) is 0 Å². The smallest absolute Gasteiger partial charge is 0.391 e. The third kappa shape index (κ3) is 4.92. The molecule has 1 heterocycles. The average molecular weight is 410 g/mol. The van der Waals surface area contributed by atoms with Gasteiger partial charge in [0.15, 0.2) is 0 Å². The first-order valence-electron chi connectivity index (χ1n) is 8.89. The van der Waals surface area contributed by atoms with Crippen molar-refractivity contribution >= 4 is 35.0 Å². The molecule has 3 aromatic rings. The topological polar surface area (TPSA) is 62.7 Å². The van der Waals surface area contributed by atoms with Gasteiger partial charge in [0.25, 0.3) is 5.91 Å². The fourth-order valence-corrected chi connectivity index (χ4v) is 2.77. The molecule has 7 heteroatoms. The molecule has 148 valence electrons. The van der Waals surface area contributed by atoms with Gasteiger partial charge in [-0.1, -0.05) is 30.3 Å². The van der Waals surface area contributed by atoms with Crippen LogP contribution in [0.15, 0.2) is 72.9 Å². The highest BCUT2D eigenvalue weighted by Crippen LogP contribution is 2.19. The highest BCUT2D eigenvalue weighted by Gasteiger charge is 2.16. The average Bonchev–Trinajstić information content (AvgIpc) is 2.78. The van der Waals surface area contributed by atoms with Gasteiger partial charge in [-0.2, -0.15) is 0 Å². The molecule has 0 saturated heterocycles. The monoisotopic (exact) mass is 409 g/mol. The molecule has 6 nitrogen and oxygen atoms in total. The number of rotatable bonds is 5. The minimum absolute atomic E-state index is 0.147. The standard InChI is InChI=1S/C22H20ClN3O3/c1-25(21(27)17-10-8-16(14-23)9-11-17)19-12-13-20(24-15-19)29-22(28)26(2)18-6-4-3-5-7-18/h3-13,15H,14H2,1-2H3. The van der Waals surface area contributed by atoms with E-state index in [2.05, 4.69) is 4.98 Å². The normalized spacial score (nSPS) is 10.3. The van der Waals surface area contributed by atoms with Crippen LogP contribution in [-0.4, -0.2) is 31.1 Å². The van der Waals surface area contributed by atoms with Gasteiger partial charge in [0.1, 0.15) is 0 Å². The van der Waals surface area contributed by atoms with E-state index < -0.39 is 6.09 Å². The van der Waals surface area contributed by atoms with Crippen LogP contribution in [0.2, 0.25) is 0 Å². The summed E-state index contributed by atoms with van der Waals surface area (Å²) in [6.07, 6.45) is 0.927. The Kier molecular flexibility index (Phi) is 6.46. The number of benzene rings is 2. The van der Waals surface area contributed by atoms with E-state index in [0.717, 1.165) is 5.56 Å². The molecule has 0 saturated carbocycles. The van der Waals surface area contributed by atoms with Gasteiger partial charge in [-0.25, -0.2) is 9.78 Å². The van der Waals surface area contributed by atoms with Crippen LogP contribution >= 0.6 is 11.6 Å². The maximum atomic E-state index is 12.6. The summed E-state index contributed by atoms with van der Waals surface area (Å²) in [5.74, 6) is 0.365. The fraction of sp³-hybridized carbons (Fsp3) is 0.136. The van der Waals surface area contributed by atoms with E-state index in [9.17, 15) is 9.59 Å². The van der Waals surface area contributed by atoms with Gasteiger partial charge >= 0.3 is 6.09 Å². The SMILES string of the molecule is CN(C(=O)Oc1ccc(N(C)C(=O)c2ccc(CCl)cc2)cn1)c1ccccc1. The van der Waals surface area contributed by atoms with E-state index in [0.29, 0.717) is 22.8 Å². The number of alkyl halides is 1. The highest BCUT2D eigenvalue weighted by atomic mass is 35.5. The number of halogens is 1. The van der Waals surface area contributed by atoms with E-state index in [1.54, 1.807) is 50.5 Å². The molecule has 2 aromatic carbocycles. The molecule has 29 heavy (non-hydrogen) atoms. The molecular formula is C22H20ClN3O3. The number of anilines is 2. The van der Waals surface area contributed by atoms with Crippen molar-refractivity contribution in [2.45, 2.75) is 5.88 Å². The van der Waals surface area contributed by atoms with Gasteiger partial charge in [0.2, 0.25) is 5.88 Å². The molecule has 0 bridgehead atoms. The van der Waals surface area contributed by atoms with Crippen molar-refractivity contribution in [2.75, 3.05) is 23.9 Å². The van der Waals surface area contributed by atoms with Crippen LogP contribution < -0.4 is 14.5 Å². The van der Waals surface area contributed by atoms with E-state index in [1.165, 1.54) is 16.0 Å². The zero-order chi connectivity index (χ0) is 20.8. The van der Waals surface area contributed by atoms with Crippen molar-refractivity contribution in [1.29, 1.82) is 0 Å². The molecule has 0 aliphatic rings. The van der Waals surface area contributed by atoms with Gasteiger partial charge in [-0.05, 0) is 35.9 Å². The van der Waals surface area contributed by atoms with Crippen molar-refractivity contribution in [3.05, 3.63) is 84.1 Å². The molecular weight excluding hydrogens is 390 g/mol. The minimum Gasteiger partial charge on any atom is -0.391 e.